The van der Waals surface area contributed by atoms with Gasteiger partial charge in [-0.25, -0.2) is 0 Å². The average molecular weight is 210 g/mol. The van der Waals surface area contributed by atoms with Crippen LogP contribution < -0.4 is 0 Å². The molecule has 0 radical (unpaired) electrons. The zero-order chi connectivity index (χ0) is 11.2. The molecule has 1 heteroatoms. The Balaban J connectivity index is 2.03. The molecule has 0 amide bonds. The highest BCUT2D eigenvalue weighted by molar-refractivity contribution is 5.56. The van der Waals surface area contributed by atoms with Gasteiger partial charge in [0, 0.05) is 5.56 Å². The van der Waals surface area contributed by atoms with E-state index in [4.69, 9.17) is 0 Å². The van der Waals surface area contributed by atoms with Gasteiger partial charge in [0.1, 0.15) is 5.75 Å². The topological polar surface area (TPSA) is 20.2 Å². The van der Waals surface area contributed by atoms with Gasteiger partial charge in [0.15, 0.2) is 0 Å². The molecule has 0 saturated heterocycles. The third kappa shape index (κ3) is 2.74. The lowest BCUT2D eigenvalue weighted by atomic mass is 10.1. The van der Waals surface area contributed by atoms with E-state index in [1.807, 2.05) is 42.5 Å². The number of rotatable bonds is 3. The maximum Gasteiger partial charge on any atom is 0.122 e. The number of allylic oxidation sites excluding steroid dienone is 1. The summed E-state index contributed by atoms with van der Waals surface area (Å²) in [7, 11) is 0. The number of aromatic hydroxyl groups is 1. The summed E-state index contributed by atoms with van der Waals surface area (Å²) < 4.78 is 0. The third-order valence-corrected chi connectivity index (χ3v) is 2.43. The Morgan fingerprint density at radius 2 is 1.56 bits per heavy atom. The normalized spacial score (nSPS) is 10.8. The zero-order valence-corrected chi connectivity index (χ0v) is 9.01. The van der Waals surface area contributed by atoms with Gasteiger partial charge in [-0.05, 0) is 18.1 Å². The van der Waals surface area contributed by atoms with Crippen molar-refractivity contribution in [3.05, 3.63) is 71.8 Å². The van der Waals surface area contributed by atoms with E-state index >= 15 is 0 Å². The minimum atomic E-state index is 0.326. The van der Waals surface area contributed by atoms with Gasteiger partial charge >= 0.3 is 0 Å². The summed E-state index contributed by atoms with van der Waals surface area (Å²) in [5.41, 5.74) is 2.13. The first-order valence-electron chi connectivity index (χ1n) is 5.35. The lowest BCUT2D eigenvalue weighted by molar-refractivity contribution is 0.474. The van der Waals surface area contributed by atoms with Gasteiger partial charge in [-0.3, -0.25) is 0 Å². The van der Waals surface area contributed by atoms with Crippen molar-refractivity contribution < 1.29 is 5.11 Å². The summed E-state index contributed by atoms with van der Waals surface area (Å²) >= 11 is 0. The Morgan fingerprint density at radius 1 is 0.875 bits per heavy atom. The SMILES string of the molecule is Oc1ccccc1C=CCc1ccccc1. The predicted octanol–water partition coefficient (Wildman–Crippen LogP) is 3.65. The van der Waals surface area contributed by atoms with Crippen LogP contribution in [0.2, 0.25) is 0 Å². The van der Waals surface area contributed by atoms with Gasteiger partial charge in [0.05, 0.1) is 0 Å². The van der Waals surface area contributed by atoms with Crippen LogP contribution in [0.15, 0.2) is 60.7 Å². The number of para-hydroxylation sites is 1. The lowest BCUT2D eigenvalue weighted by Gasteiger charge is -1.97. The van der Waals surface area contributed by atoms with Crippen LogP contribution in [0.4, 0.5) is 0 Å². The van der Waals surface area contributed by atoms with Crippen LogP contribution in [0, 0.1) is 0 Å². The van der Waals surface area contributed by atoms with E-state index in [0.29, 0.717) is 5.75 Å². The predicted molar refractivity (Wildman–Crippen MR) is 67.3 cm³/mol. The first kappa shape index (κ1) is 10.5. The highest BCUT2D eigenvalue weighted by Gasteiger charge is 1.93. The molecule has 0 unspecified atom stereocenters. The van der Waals surface area contributed by atoms with Gasteiger partial charge in [-0.1, -0.05) is 60.7 Å². The van der Waals surface area contributed by atoms with Gasteiger partial charge in [-0.2, -0.15) is 0 Å². The molecule has 1 nitrogen and oxygen atoms in total. The molecule has 0 spiro atoms. The first-order valence-corrected chi connectivity index (χ1v) is 5.35. The Hall–Kier alpha value is -2.02. The van der Waals surface area contributed by atoms with Crippen LogP contribution in [0.3, 0.4) is 0 Å². The fourth-order valence-corrected chi connectivity index (χ4v) is 1.56. The molecule has 0 aliphatic carbocycles. The van der Waals surface area contributed by atoms with Crippen LogP contribution in [0.25, 0.3) is 6.08 Å². The second-order valence-electron chi connectivity index (χ2n) is 3.65. The summed E-state index contributed by atoms with van der Waals surface area (Å²) in [4.78, 5) is 0. The molecule has 0 heterocycles. The molecule has 0 fully saturated rings. The summed E-state index contributed by atoms with van der Waals surface area (Å²) in [6.45, 7) is 0. The fourth-order valence-electron chi connectivity index (χ4n) is 1.56. The Morgan fingerprint density at radius 3 is 2.31 bits per heavy atom. The van der Waals surface area contributed by atoms with E-state index in [1.54, 1.807) is 6.07 Å². The van der Waals surface area contributed by atoms with Crippen molar-refractivity contribution in [3.63, 3.8) is 0 Å². The summed E-state index contributed by atoms with van der Waals surface area (Å²) in [5.74, 6) is 0.326. The number of phenolic OH excluding ortho intramolecular Hbond substituents is 1. The van der Waals surface area contributed by atoms with E-state index in [9.17, 15) is 5.11 Å². The lowest BCUT2D eigenvalue weighted by Crippen LogP contribution is -1.79. The van der Waals surface area contributed by atoms with E-state index in [2.05, 4.69) is 18.2 Å². The van der Waals surface area contributed by atoms with Gasteiger partial charge in [0.2, 0.25) is 0 Å². The van der Waals surface area contributed by atoms with Crippen molar-refractivity contribution in [1.29, 1.82) is 0 Å². The van der Waals surface area contributed by atoms with E-state index in [-0.39, 0.29) is 0 Å². The van der Waals surface area contributed by atoms with Crippen LogP contribution in [-0.2, 0) is 6.42 Å². The molecular weight excluding hydrogens is 196 g/mol. The van der Waals surface area contributed by atoms with Gasteiger partial charge in [-0.15, -0.1) is 0 Å². The summed E-state index contributed by atoms with van der Waals surface area (Å²) in [5, 5.41) is 9.56. The largest absolute Gasteiger partial charge is 0.507 e. The molecule has 16 heavy (non-hydrogen) atoms. The number of hydrogen-bond acceptors (Lipinski definition) is 1. The van der Waals surface area contributed by atoms with Crippen LogP contribution in [0.5, 0.6) is 5.75 Å². The standard InChI is InChI=1S/C15H14O/c16-15-12-5-4-10-14(15)11-6-9-13-7-2-1-3-8-13/h1-8,10-12,16H,9H2. The molecule has 0 aliphatic heterocycles. The average Bonchev–Trinajstić information content (AvgIpc) is 2.33. The quantitative estimate of drug-likeness (QED) is 0.819. The highest BCUT2D eigenvalue weighted by Crippen LogP contribution is 2.17. The van der Waals surface area contributed by atoms with Crippen molar-refractivity contribution >= 4 is 6.08 Å². The molecule has 0 aromatic heterocycles. The fraction of sp³-hybridized carbons (Fsp3) is 0.0667. The van der Waals surface area contributed by atoms with Crippen molar-refractivity contribution in [2.75, 3.05) is 0 Å². The smallest absolute Gasteiger partial charge is 0.122 e. The molecule has 80 valence electrons. The first-order chi connectivity index (χ1) is 7.86. The number of hydrogen-bond donors (Lipinski definition) is 1. The molecule has 2 aromatic rings. The molecule has 0 atom stereocenters. The second kappa shape index (κ2) is 5.17. The van der Waals surface area contributed by atoms with Crippen molar-refractivity contribution in [1.82, 2.24) is 0 Å². The summed E-state index contributed by atoms with van der Waals surface area (Å²) in [6, 6.07) is 17.6. The minimum absolute atomic E-state index is 0.326. The van der Waals surface area contributed by atoms with Crippen molar-refractivity contribution in [3.8, 4) is 5.75 Å². The van der Waals surface area contributed by atoms with Crippen molar-refractivity contribution in [2.45, 2.75) is 6.42 Å². The molecule has 0 aliphatic rings. The van der Waals surface area contributed by atoms with Crippen LogP contribution >= 0.6 is 0 Å². The zero-order valence-electron chi connectivity index (χ0n) is 9.01. The molecule has 2 rings (SSSR count). The molecular formula is C15H14O. The maximum absolute atomic E-state index is 9.56. The molecule has 0 saturated carbocycles. The molecule has 2 aromatic carbocycles. The van der Waals surface area contributed by atoms with Crippen LogP contribution in [-0.4, -0.2) is 5.11 Å². The van der Waals surface area contributed by atoms with Crippen LogP contribution in [0.1, 0.15) is 11.1 Å². The number of phenols is 1. The van der Waals surface area contributed by atoms with E-state index in [0.717, 1.165) is 12.0 Å². The second-order valence-corrected chi connectivity index (χ2v) is 3.65. The highest BCUT2D eigenvalue weighted by atomic mass is 16.3. The summed E-state index contributed by atoms with van der Waals surface area (Å²) in [6.07, 6.45) is 4.89. The minimum Gasteiger partial charge on any atom is -0.507 e. The van der Waals surface area contributed by atoms with Gasteiger partial charge in [0.25, 0.3) is 0 Å². The van der Waals surface area contributed by atoms with E-state index < -0.39 is 0 Å². The van der Waals surface area contributed by atoms with E-state index in [1.165, 1.54) is 5.56 Å². The van der Waals surface area contributed by atoms with Gasteiger partial charge < -0.3 is 5.11 Å². The Bertz CT molecular complexity index is 472. The molecule has 1 N–H and O–H groups in total. The molecule has 0 bridgehead atoms. The van der Waals surface area contributed by atoms with Crippen molar-refractivity contribution in [2.24, 2.45) is 0 Å². The Kier molecular flexibility index (Phi) is 3.39. The number of benzene rings is 2. The maximum atomic E-state index is 9.56. The Labute approximate surface area is 95.7 Å². The monoisotopic (exact) mass is 210 g/mol. The third-order valence-electron chi connectivity index (χ3n) is 2.43.